The first-order valence-corrected chi connectivity index (χ1v) is 6.98. The van der Waals surface area contributed by atoms with Gasteiger partial charge in [0.15, 0.2) is 17.3 Å². The fourth-order valence-electron chi connectivity index (χ4n) is 2.01. The van der Waals surface area contributed by atoms with Crippen LogP contribution in [0.15, 0.2) is 48.5 Å². The van der Waals surface area contributed by atoms with Crippen molar-refractivity contribution >= 4 is 5.78 Å². The van der Waals surface area contributed by atoms with Gasteiger partial charge in [-0.3, -0.25) is 4.79 Å². The van der Waals surface area contributed by atoms with Crippen molar-refractivity contribution in [3.05, 3.63) is 59.7 Å². The SMILES string of the molecule is O=C(c1ccccc1)c1cccc(OCCO)c1OCCO. The Morgan fingerprint density at radius 2 is 1.55 bits per heavy atom. The Labute approximate surface area is 128 Å². The van der Waals surface area contributed by atoms with E-state index in [0.717, 1.165) is 0 Å². The zero-order valence-corrected chi connectivity index (χ0v) is 12.1. The zero-order valence-electron chi connectivity index (χ0n) is 12.1. The maximum atomic E-state index is 12.6. The van der Waals surface area contributed by atoms with E-state index >= 15 is 0 Å². The summed E-state index contributed by atoms with van der Waals surface area (Å²) in [4.78, 5) is 12.6. The first-order valence-electron chi connectivity index (χ1n) is 6.98. The third kappa shape index (κ3) is 3.84. The van der Waals surface area contributed by atoms with Crippen molar-refractivity contribution in [3.8, 4) is 11.5 Å². The molecule has 0 aliphatic heterocycles. The summed E-state index contributed by atoms with van der Waals surface area (Å²) in [6, 6.07) is 13.8. The topological polar surface area (TPSA) is 76.0 Å². The van der Waals surface area contributed by atoms with Crippen molar-refractivity contribution in [1.29, 1.82) is 0 Å². The Bertz CT molecular complexity index is 610. The molecule has 0 aliphatic rings. The largest absolute Gasteiger partial charge is 0.487 e. The molecule has 0 amide bonds. The molecule has 2 rings (SSSR count). The summed E-state index contributed by atoms with van der Waals surface area (Å²) in [5.74, 6) is 0.450. The van der Waals surface area contributed by atoms with Crippen LogP contribution < -0.4 is 9.47 Å². The molecule has 2 aromatic rings. The second kappa shape index (κ2) is 8.17. The van der Waals surface area contributed by atoms with Gasteiger partial charge in [-0.2, -0.15) is 0 Å². The van der Waals surface area contributed by atoms with Crippen LogP contribution in [0.3, 0.4) is 0 Å². The number of hydrogen-bond acceptors (Lipinski definition) is 5. The first kappa shape index (κ1) is 16.0. The summed E-state index contributed by atoms with van der Waals surface area (Å²) < 4.78 is 10.9. The number of carbonyl (C=O) groups excluding carboxylic acids is 1. The molecule has 5 heteroatoms. The number of rotatable bonds is 8. The summed E-state index contributed by atoms with van der Waals surface area (Å²) in [5, 5.41) is 17.8. The lowest BCUT2D eigenvalue weighted by Gasteiger charge is -2.15. The molecule has 2 N–H and O–H groups in total. The zero-order chi connectivity index (χ0) is 15.8. The molecular weight excluding hydrogens is 284 g/mol. The molecule has 0 aromatic heterocycles. The van der Waals surface area contributed by atoms with Crippen LogP contribution in [-0.4, -0.2) is 42.4 Å². The van der Waals surface area contributed by atoms with Crippen LogP contribution >= 0.6 is 0 Å². The Balaban J connectivity index is 2.38. The molecule has 22 heavy (non-hydrogen) atoms. The highest BCUT2D eigenvalue weighted by molar-refractivity contribution is 6.11. The van der Waals surface area contributed by atoms with Gasteiger partial charge in [0.2, 0.25) is 0 Å². The average molecular weight is 302 g/mol. The summed E-state index contributed by atoms with van der Waals surface area (Å²) in [6.45, 7) is -0.170. The van der Waals surface area contributed by atoms with E-state index in [4.69, 9.17) is 19.7 Å². The lowest BCUT2D eigenvalue weighted by molar-refractivity contribution is 0.103. The molecule has 0 spiro atoms. The molecule has 0 atom stereocenters. The Morgan fingerprint density at radius 1 is 0.864 bits per heavy atom. The molecule has 0 saturated heterocycles. The average Bonchev–Trinajstić information content (AvgIpc) is 2.58. The fraction of sp³-hybridized carbons (Fsp3) is 0.235. The monoisotopic (exact) mass is 302 g/mol. The van der Waals surface area contributed by atoms with Gasteiger partial charge in [0.05, 0.1) is 18.8 Å². The smallest absolute Gasteiger partial charge is 0.196 e. The van der Waals surface area contributed by atoms with E-state index in [-0.39, 0.29) is 38.0 Å². The van der Waals surface area contributed by atoms with Crippen molar-refractivity contribution in [2.24, 2.45) is 0 Å². The van der Waals surface area contributed by atoms with Crippen molar-refractivity contribution < 1.29 is 24.5 Å². The van der Waals surface area contributed by atoms with Crippen LogP contribution in [0.1, 0.15) is 15.9 Å². The number of benzene rings is 2. The van der Waals surface area contributed by atoms with E-state index in [1.54, 1.807) is 42.5 Å². The third-order valence-electron chi connectivity index (χ3n) is 2.95. The maximum absolute atomic E-state index is 12.6. The third-order valence-corrected chi connectivity index (χ3v) is 2.95. The van der Waals surface area contributed by atoms with Gasteiger partial charge in [0.1, 0.15) is 13.2 Å². The van der Waals surface area contributed by atoms with E-state index < -0.39 is 0 Å². The van der Waals surface area contributed by atoms with Crippen LogP contribution in [0, 0.1) is 0 Å². The summed E-state index contributed by atoms with van der Waals surface area (Å²) in [5.41, 5.74) is 0.894. The quantitative estimate of drug-likeness (QED) is 0.725. The molecule has 0 heterocycles. The number of hydrogen-bond donors (Lipinski definition) is 2. The lowest BCUT2D eigenvalue weighted by atomic mass is 10.0. The number of ether oxygens (including phenoxy) is 2. The second-order valence-corrected chi connectivity index (χ2v) is 4.47. The van der Waals surface area contributed by atoms with Gasteiger partial charge in [-0.15, -0.1) is 0 Å². The normalized spacial score (nSPS) is 10.3. The van der Waals surface area contributed by atoms with Crippen LogP contribution in [0.4, 0.5) is 0 Å². The Hall–Kier alpha value is -2.37. The minimum absolute atomic E-state index is 0.0502. The van der Waals surface area contributed by atoms with E-state index in [1.165, 1.54) is 0 Å². The highest BCUT2D eigenvalue weighted by Gasteiger charge is 2.18. The minimum Gasteiger partial charge on any atom is -0.487 e. The molecule has 0 aliphatic carbocycles. The maximum Gasteiger partial charge on any atom is 0.196 e. The number of aliphatic hydroxyl groups excluding tert-OH is 2. The van der Waals surface area contributed by atoms with Crippen LogP contribution in [0.5, 0.6) is 11.5 Å². The van der Waals surface area contributed by atoms with E-state index in [1.807, 2.05) is 6.07 Å². The standard InChI is InChI=1S/C17H18O5/c18-9-11-21-15-8-4-7-14(17(15)22-12-10-19)16(20)13-5-2-1-3-6-13/h1-8,18-19H,9-12H2. The second-order valence-electron chi connectivity index (χ2n) is 4.47. The molecule has 2 aromatic carbocycles. The van der Waals surface area contributed by atoms with Gasteiger partial charge >= 0.3 is 0 Å². The lowest BCUT2D eigenvalue weighted by Crippen LogP contribution is -2.11. The van der Waals surface area contributed by atoms with E-state index in [2.05, 4.69) is 0 Å². The molecule has 5 nitrogen and oxygen atoms in total. The van der Waals surface area contributed by atoms with Crippen molar-refractivity contribution in [2.45, 2.75) is 0 Å². The van der Waals surface area contributed by atoms with Crippen LogP contribution in [0.2, 0.25) is 0 Å². The van der Waals surface area contributed by atoms with Gasteiger partial charge in [0, 0.05) is 5.56 Å². The van der Waals surface area contributed by atoms with Gasteiger partial charge in [-0.25, -0.2) is 0 Å². The number of para-hydroxylation sites is 1. The Kier molecular flexibility index (Phi) is 5.94. The number of carbonyl (C=O) groups is 1. The van der Waals surface area contributed by atoms with E-state index in [9.17, 15) is 4.79 Å². The molecule has 0 radical (unpaired) electrons. The van der Waals surface area contributed by atoms with Gasteiger partial charge < -0.3 is 19.7 Å². The summed E-state index contributed by atoms with van der Waals surface area (Å²) >= 11 is 0. The Morgan fingerprint density at radius 3 is 2.23 bits per heavy atom. The predicted molar refractivity (Wildman–Crippen MR) is 81.5 cm³/mol. The van der Waals surface area contributed by atoms with Crippen LogP contribution in [0.25, 0.3) is 0 Å². The van der Waals surface area contributed by atoms with Gasteiger partial charge in [-0.05, 0) is 12.1 Å². The molecular formula is C17H18O5. The van der Waals surface area contributed by atoms with Crippen molar-refractivity contribution in [2.75, 3.05) is 26.4 Å². The first-order chi connectivity index (χ1) is 10.8. The van der Waals surface area contributed by atoms with E-state index in [0.29, 0.717) is 16.9 Å². The van der Waals surface area contributed by atoms with Crippen molar-refractivity contribution in [1.82, 2.24) is 0 Å². The molecule has 0 bridgehead atoms. The fourth-order valence-corrected chi connectivity index (χ4v) is 2.01. The van der Waals surface area contributed by atoms with Crippen molar-refractivity contribution in [3.63, 3.8) is 0 Å². The number of aliphatic hydroxyl groups is 2. The molecule has 0 fully saturated rings. The summed E-state index contributed by atoms with van der Waals surface area (Å²) in [6.07, 6.45) is 0. The summed E-state index contributed by atoms with van der Waals surface area (Å²) in [7, 11) is 0. The predicted octanol–water partition coefficient (Wildman–Crippen LogP) is 1.66. The minimum atomic E-state index is -0.192. The van der Waals surface area contributed by atoms with Crippen LogP contribution in [-0.2, 0) is 0 Å². The number of ketones is 1. The highest BCUT2D eigenvalue weighted by Crippen LogP contribution is 2.32. The molecule has 0 saturated carbocycles. The molecule has 116 valence electrons. The van der Waals surface area contributed by atoms with Gasteiger partial charge in [0.25, 0.3) is 0 Å². The van der Waals surface area contributed by atoms with Gasteiger partial charge in [-0.1, -0.05) is 36.4 Å². The molecule has 0 unspecified atom stereocenters. The highest BCUT2D eigenvalue weighted by atomic mass is 16.5.